The van der Waals surface area contributed by atoms with E-state index in [-0.39, 0.29) is 0 Å². The van der Waals surface area contributed by atoms with Crippen molar-refractivity contribution in [2.24, 2.45) is 0 Å². The van der Waals surface area contributed by atoms with Crippen LogP contribution >= 0.6 is 0 Å². The Balaban J connectivity index is 1.83. The van der Waals surface area contributed by atoms with Crippen molar-refractivity contribution in [1.82, 2.24) is 0 Å². The molecule has 0 spiro atoms. The lowest BCUT2D eigenvalue weighted by Gasteiger charge is -2.11. The topological polar surface area (TPSA) is 35.8 Å². The van der Waals surface area contributed by atoms with Gasteiger partial charge < -0.3 is 5.32 Å². The highest BCUT2D eigenvalue weighted by atomic mass is 15.0. The third-order valence-corrected chi connectivity index (χ3v) is 4.12. The van der Waals surface area contributed by atoms with E-state index in [0.29, 0.717) is 12.0 Å². The highest BCUT2D eigenvalue weighted by Gasteiger charge is 2.39. The van der Waals surface area contributed by atoms with Crippen molar-refractivity contribution in [3.8, 4) is 6.07 Å². The zero-order chi connectivity index (χ0) is 12.1. The van der Waals surface area contributed by atoms with Gasteiger partial charge in [-0.2, -0.15) is 5.26 Å². The molecule has 4 rings (SSSR count). The van der Waals surface area contributed by atoms with Gasteiger partial charge in [-0.1, -0.05) is 24.3 Å². The van der Waals surface area contributed by atoms with Crippen LogP contribution in [0.1, 0.15) is 34.2 Å². The molecule has 0 saturated heterocycles. The molecule has 0 bridgehead atoms. The summed E-state index contributed by atoms with van der Waals surface area (Å²) in [5.74, 6) is 0.491. The second-order valence-electron chi connectivity index (χ2n) is 5.05. The van der Waals surface area contributed by atoms with Crippen molar-refractivity contribution < 1.29 is 0 Å². The normalized spacial score (nSPS) is 22.6. The van der Waals surface area contributed by atoms with Crippen molar-refractivity contribution >= 4 is 5.69 Å². The number of rotatable bonds is 0. The molecule has 2 atom stereocenters. The standard InChI is InChI=1S/C16H12N2/c17-9-10-5-6-15-13(7-10)14-8-11-3-1-2-4-12(11)16(14)18-15/h1-7,14,16,18H,8H2/t14-,16-/m1/s1. The van der Waals surface area contributed by atoms with Crippen LogP contribution in [-0.2, 0) is 6.42 Å². The van der Waals surface area contributed by atoms with Crippen LogP contribution in [0.5, 0.6) is 0 Å². The lowest BCUT2D eigenvalue weighted by Crippen LogP contribution is -2.05. The van der Waals surface area contributed by atoms with E-state index >= 15 is 0 Å². The van der Waals surface area contributed by atoms with Crippen LogP contribution in [0.15, 0.2) is 42.5 Å². The van der Waals surface area contributed by atoms with E-state index in [1.54, 1.807) is 0 Å². The minimum atomic E-state index is 0.394. The van der Waals surface area contributed by atoms with Gasteiger partial charge in [0.05, 0.1) is 17.7 Å². The predicted molar refractivity (Wildman–Crippen MR) is 70.4 cm³/mol. The highest BCUT2D eigenvalue weighted by Crippen LogP contribution is 2.51. The SMILES string of the molecule is N#Cc1ccc2c(c1)[C@H]1Cc3ccccc3[C@H]1N2. The molecule has 2 aromatic rings. The van der Waals surface area contributed by atoms with Crippen molar-refractivity contribution in [3.63, 3.8) is 0 Å². The van der Waals surface area contributed by atoms with Gasteiger partial charge >= 0.3 is 0 Å². The summed E-state index contributed by atoms with van der Waals surface area (Å²) in [6, 6.07) is 17.2. The summed E-state index contributed by atoms with van der Waals surface area (Å²) in [6.07, 6.45) is 1.08. The maximum atomic E-state index is 9.01. The molecule has 2 heteroatoms. The first-order chi connectivity index (χ1) is 8.86. The quantitative estimate of drug-likeness (QED) is 0.756. The number of nitriles is 1. The average Bonchev–Trinajstić information content (AvgIpc) is 2.94. The molecule has 0 radical (unpaired) electrons. The molecule has 0 fully saturated rings. The van der Waals surface area contributed by atoms with E-state index in [1.807, 2.05) is 18.2 Å². The van der Waals surface area contributed by atoms with Crippen LogP contribution in [0.25, 0.3) is 0 Å². The van der Waals surface area contributed by atoms with Gasteiger partial charge in [0.15, 0.2) is 0 Å². The third kappa shape index (κ3) is 1.16. The smallest absolute Gasteiger partial charge is 0.0991 e. The average molecular weight is 232 g/mol. The summed E-state index contributed by atoms with van der Waals surface area (Å²) < 4.78 is 0. The number of nitrogens with zero attached hydrogens (tertiary/aromatic N) is 1. The van der Waals surface area contributed by atoms with Crippen molar-refractivity contribution in [3.05, 3.63) is 64.7 Å². The number of nitrogens with one attached hydrogen (secondary N) is 1. The molecule has 0 amide bonds. The molecule has 2 aliphatic rings. The summed E-state index contributed by atoms with van der Waals surface area (Å²) in [5, 5.41) is 12.6. The Kier molecular flexibility index (Phi) is 1.82. The number of benzene rings is 2. The molecule has 2 nitrogen and oxygen atoms in total. The first-order valence-corrected chi connectivity index (χ1v) is 6.25. The third-order valence-electron chi connectivity index (χ3n) is 4.12. The fraction of sp³-hybridized carbons (Fsp3) is 0.188. The fourth-order valence-electron chi connectivity index (χ4n) is 3.30. The second-order valence-corrected chi connectivity index (χ2v) is 5.05. The molecule has 86 valence electrons. The molecule has 1 N–H and O–H groups in total. The maximum absolute atomic E-state index is 9.01. The van der Waals surface area contributed by atoms with Gasteiger partial charge in [-0.05, 0) is 41.3 Å². The van der Waals surface area contributed by atoms with Gasteiger partial charge in [-0.3, -0.25) is 0 Å². The fourth-order valence-corrected chi connectivity index (χ4v) is 3.30. The molecule has 2 aromatic carbocycles. The zero-order valence-electron chi connectivity index (χ0n) is 9.85. The molecule has 0 saturated carbocycles. The molecular formula is C16H12N2. The Labute approximate surface area is 106 Å². The van der Waals surface area contributed by atoms with Crippen LogP contribution in [0.4, 0.5) is 5.69 Å². The minimum Gasteiger partial charge on any atom is -0.377 e. The van der Waals surface area contributed by atoms with Gasteiger partial charge in [-0.15, -0.1) is 0 Å². The van der Waals surface area contributed by atoms with Gasteiger partial charge in [0.2, 0.25) is 0 Å². The summed E-state index contributed by atoms with van der Waals surface area (Å²) in [6.45, 7) is 0. The lowest BCUT2D eigenvalue weighted by molar-refractivity contribution is 0.677. The Bertz CT molecular complexity index is 682. The first-order valence-electron chi connectivity index (χ1n) is 6.25. The van der Waals surface area contributed by atoms with E-state index in [2.05, 4.69) is 35.7 Å². The van der Waals surface area contributed by atoms with E-state index in [1.165, 1.54) is 22.4 Å². The van der Waals surface area contributed by atoms with Gasteiger partial charge in [-0.25, -0.2) is 0 Å². The zero-order valence-corrected chi connectivity index (χ0v) is 9.85. The number of fused-ring (bicyclic) bond motifs is 5. The molecular weight excluding hydrogens is 220 g/mol. The number of hydrogen-bond acceptors (Lipinski definition) is 2. The predicted octanol–water partition coefficient (Wildman–Crippen LogP) is 3.36. The largest absolute Gasteiger partial charge is 0.377 e. The first kappa shape index (κ1) is 9.73. The van der Waals surface area contributed by atoms with E-state index < -0.39 is 0 Å². The van der Waals surface area contributed by atoms with Crippen molar-refractivity contribution in [1.29, 1.82) is 5.26 Å². The minimum absolute atomic E-state index is 0.394. The van der Waals surface area contributed by atoms with E-state index in [4.69, 9.17) is 5.26 Å². The molecule has 18 heavy (non-hydrogen) atoms. The number of hydrogen-bond donors (Lipinski definition) is 1. The Morgan fingerprint density at radius 3 is 2.89 bits per heavy atom. The maximum Gasteiger partial charge on any atom is 0.0991 e. The molecule has 1 aliphatic carbocycles. The summed E-state index contributed by atoms with van der Waals surface area (Å²) in [4.78, 5) is 0. The number of anilines is 1. The van der Waals surface area contributed by atoms with Crippen LogP contribution in [-0.4, -0.2) is 0 Å². The van der Waals surface area contributed by atoms with Crippen molar-refractivity contribution in [2.75, 3.05) is 5.32 Å². The molecule has 0 aromatic heterocycles. The van der Waals surface area contributed by atoms with Crippen LogP contribution < -0.4 is 5.32 Å². The molecule has 1 aliphatic heterocycles. The van der Waals surface area contributed by atoms with Crippen LogP contribution in [0, 0.1) is 11.3 Å². The van der Waals surface area contributed by atoms with Gasteiger partial charge in [0.25, 0.3) is 0 Å². The van der Waals surface area contributed by atoms with Crippen LogP contribution in [0.2, 0.25) is 0 Å². The second kappa shape index (κ2) is 3.36. The van der Waals surface area contributed by atoms with Gasteiger partial charge in [0.1, 0.15) is 0 Å². The molecule has 1 heterocycles. The lowest BCUT2D eigenvalue weighted by atomic mass is 9.95. The summed E-state index contributed by atoms with van der Waals surface area (Å²) >= 11 is 0. The molecule has 0 unspecified atom stereocenters. The Hall–Kier alpha value is -2.27. The highest BCUT2D eigenvalue weighted by molar-refractivity contribution is 5.65. The van der Waals surface area contributed by atoms with Crippen LogP contribution in [0.3, 0.4) is 0 Å². The van der Waals surface area contributed by atoms with E-state index in [0.717, 1.165) is 12.0 Å². The Morgan fingerprint density at radius 2 is 2.00 bits per heavy atom. The van der Waals surface area contributed by atoms with Gasteiger partial charge in [0, 0.05) is 11.6 Å². The summed E-state index contributed by atoms with van der Waals surface area (Å²) in [5.41, 5.74) is 6.10. The monoisotopic (exact) mass is 232 g/mol. The van der Waals surface area contributed by atoms with Crippen molar-refractivity contribution in [2.45, 2.75) is 18.4 Å². The van der Waals surface area contributed by atoms with E-state index in [9.17, 15) is 0 Å². The summed E-state index contributed by atoms with van der Waals surface area (Å²) in [7, 11) is 0. The Morgan fingerprint density at radius 1 is 1.11 bits per heavy atom.